The van der Waals surface area contributed by atoms with Gasteiger partial charge in [0.25, 0.3) is 0 Å². The number of fused-ring (bicyclic) bond motifs is 6. The van der Waals surface area contributed by atoms with Crippen LogP contribution in [-0.2, 0) is 6.42 Å². The summed E-state index contributed by atoms with van der Waals surface area (Å²) in [4.78, 5) is 5.49. The van der Waals surface area contributed by atoms with Gasteiger partial charge in [-0.15, -0.1) is 0 Å². The summed E-state index contributed by atoms with van der Waals surface area (Å²) < 4.78 is 2.54. The minimum absolute atomic E-state index is 0.911. The smallest absolute Gasteiger partial charge is 0.0665 e. The molecule has 0 saturated heterocycles. The Balaban J connectivity index is 1.19. The summed E-state index contributed by atoms with van der Waals surface area (Å²) in [6, 6.07) is 41.5. The minimum Gasteiger partial charge on any atom is -0.309 e. The van der Waals surface area contributed by atoms with Crippen LogP contribution in [-0.4, -0.2) is 10.3 Å². The first-order valence-corrected chi connectivity index (χ1v) is 19.9. The summed E-state index contributed by atoms with van der Waals surface area (Å²) in [7, 11) is 0. The second kappa shape index (κ2) is 13.5. The van der Waals surface area contributed by atoms with Gasteiger partial charge in [-0.25, -0.2) is 0 Å². The number of rotatable bonds is 8. The first-order chi connectivity index (χ1) is 26.7. The van der Waals surface area contributed by atoms with Crippen LogP contribution in [0.25, 0.3) is 77.2 Å². The number of aromatic nitrogens is 1. The van der Waals surface area contributed by atoms with E-state index in [1.165, 1.54) is 93.2 Å². The first-order valence-electron chi connectivity index (χ1n) is 19.9. The van der Waals surface area contributed by atoms with E-state index in [1.807, 2.05) is 0 Å². The van der Waals surface area contributed by atoms with Gasteiger partial charge in [-0.1, -0.05) is 136 Å². The molecule has 0 atom stereocenters. The molecule has 0 bridgehead atoms. The first kappa shape index (κ1) is 32.6. The maximum atomic E-state index is 5.49. The Morgan fingerprint density at radius 2 is 1.56 bits per heavy atom. The molecule has 0 saturated carbocycles. The SMILES string of the molecule is CC/C=C(/N=C(CCC)c1ccc2c(c1)c1cc3ccccc3c3c1c1c2cccc1n3-c1ccc2c(c1)C=CCC2)c1ccc(C2=CC=CCC2)cc1. The third-order valence-electron chi connectivity index (χ3n) is 11.7. The van der Waals surface area contributed by atoms with E-state index >= 15 is 0 Å². The van der Waals surface area contributed by atoms with Gasteiger partial charge in [0.15, 0.2) is 0 Å². The molecule has 0 radical (unpaired) electrons. The van der Waals surface area contributed by atoms with Crippen LogP contribution in [0.5, 0.6) is 0 Å². The number of allylic oxidation sites excluding steroid dienone is 6. The molecule has 262 valence electrons. The molecule has 10 rings (SSSR count). The molecule has 7 aromatic carbocycles. The van der Waals surface area contributed by atoms with Gasteiger partial charge < -0.3 is 4.57 Å². The molecule has 2 aliphatic carbocycles. The van der Waals surface area contributed by atoms with Gasteiger partial charge in [-0.2, -0.15) is 0 Å². The van der Waals surface area contributed by atoms with E-state index in [2.05, 4.69) is 164 Å². The lowest BCUT2D eigenvalue weighted by atomic mass is 9.90. The van der Waals surface area contributed by atoms with Crippen LogP contribution < -0.4 is 0 Å². The van der Waals surface area contributed by atoms with E-state index < -0.39 is 0 Å². The Hall–Kier alpha value is -5.99. The largest absolute Gasteiger partial charge is 0.309 e. The van der Waals surface area contributed by atoms with Crippen molar-refractivity contribution < 1.29 is 0 Å². The maximum absolute atomic E-state index is 5.49. The third kappa shape index (κ3) is 5.35. The van der Waals surface area contributed by atoms with Crippen molar-refractivity contribution in [2.24, 2.45) is 4.99 Å². The summed E-state index contributed by atoms with van der Waals surface area (Å²) in [5.74, 6) is 0. The van der Waals surface area contributed by atoms with Crippen LogP contribution in [0.4, 0.5) is 0 Å². The fraction of sp³-hybridized carbons (Fsp3) is 0.173. The average molecular weight is 697 g/mol. The molecule has 0 unspecified atom stereocenters. The standard InChI is InChI=1S/C52H44N2/c1-3-13-47(37-25-23-36(24-26-37)34-15-6-5-7-16-34)53-48(14-4-2)40-28-30-43-44-21-12-22-49-50(44)51-46(45(43)33-40)32-39-19-10-11-20-42(39)52(51)54(49)41-29-27-35-17-8-9-18-38(35)31-41/h5-6,9-13,15,18-33H,3-4,7-8,14,16-17H2,1-2H3/b47-13+,53-48?. The van der Waals surface area contributed by atoms with Crippen molar-refractivity contribution in [2.75, 3.05) is 0 Å². The van der Waals surface area contributed by atoms with E-state index in [0.717, 1.165) is 56.4 Å². The molecular formula is C52H44N2. The molecule has 2 heteroatoms. The molecule has 0 aliphatic heterocycles. The van der Waals surface area contributed by atoms with Crippen molar-refractivity contribution in [1.82, 2.24) is 4.57 Å². The fourth-order valence-electron chi connectivity index (χ4n) is 9.13. The number of hydrogen-bond acceptors (Lipinski definition) is 1. The van der Waals surface area contributed by atoms with E-state index in [1.54, 1.807) is 0 Å². The van der Waals surface area contributed by atoms with Gasteiger partial charge in [-0.05, 0) is 129 Å². The van der Waals surface area contributed by atoms with Gasteiger partial charge in [0.1, 0.15) is 0 Å². The highest BCUT2D eigenvalue weighted by molar-refractivity contribution is 6.38. The van der Waals surface area contributed by atoms with Gasteiger partial charge in [0, 0.05) is 27.6 Å². The molecule has 8 aromatic rings. The summed E-state index contributed by atoms with van der Waals surface area (Å²) in [6.07, 6.45) is 20.9. The van der Waals surface area contributed by atoms with Gasteiger partial charge in [0.05, 0.1) is 16.7 Å². The van der Waals surface area contributed by atoms with Crippen molar-refractivity contribution in [3.05, 3.63) is 167 Å². The molecule has 2 nitrogen and oxygen atoms in total. The van der Waals surface area contributed by atoms with Crippen molar-refractivity contribution in [3.8, 4) is 5.69 Å². The zero-order chi connectivity index (χ0) is 36.2. The Morgan fingerprint density at radius 1 is 0.704 bits per heavy atom. The normalized spacial score (nSPS) is 15.0. The van der Waals surface area contributed by atoms with Crippen LogP contribution >= 0.6 is 0 Å². The summed E-state index contributed by atoms with van der Waals surface area (Å²) in [6.45, 7) is 4.47. The summed E-state index contributed by atoms with van der Waals surface area (Å²) >= 11 is 0. The molecule has 2 aliphatic rings. The molecule has 1 aromatic heterocycles. The highest BCUT2D eigenvalue weighted by Crippen LogP contribution is 2.47. The van der Waals surface area contributed by atoms with Crippen molar-refractivity contribution in [3.63, 3.8) is 0 Å². The second-order valence-corrected chi connectivity index (χ2v) is 15.0. The molecule has 0 amide bonds. The van der Waals surface area contributed by atoms with E-state index in [4.69, 9.17) is 4.99 Å². The van der Waals surface area contributed by atoms with Crippen molar-refractivity contribution in [2.45, 2.75) is 58.8 Å². The van der Waals surface area contributed by atoms with E-state index in [-0.39, 0.29) is 0 Å². The molecular weight excluding hydrogens is 653 g/mol. The minimum atomic E-state index is 0.911. The molecule has 54 heavy (non-hydrogen) atoms. The molecule has 0 spiro atoms. The van der Waals surface area contributed by atoms with Crippen LogP contribution in [0.3, 0.4) is 0 Å². The highest BCUT2D eigenvalue weighted by Gasteiger charge is 2.23. The van der Waals surface area contributed by atoms with E-state index in [0.29, 0.717) is 0 Å². The topological polar surface area (TPSA) is 17.3 Å². The number of aryl methyl sites for hydroxylation is 1. The Bertz CT molecular complexity index is 2900. The number of hydrogen-bond donors (Lipinski definition) is 0. The van der Waals surface area contributed by atoms with Crippen LogP contribution in [0.2, 0.25) is 0 Å². The van der Waals surface area contributed by atoms with Crippen LogP contribution in [0, 0.1) is 0 Å². The summed E-state index contributed by atoms with van der Waals surface area (Å²) in [5, 5.41) is 10.4. The predicted molar refractivity (Wildman–Crippen MR) is 234 cm³/mol. The Labute approximate surface area is 317 Å². The zero-order valence-corrected chi connectivity index (χ0v) is 31.2. The number of benzene rings is 7. The fourth-order valence-corrected chi connectivity index (χ4v) is 9.13. The molecule has 1 heterocycles. The monoisotopic (exact) mass is 696 g/mol. The number of nitrogens with zero attached hydrogens (tertiary/aromatic N) is 2. The predicted octanol–water partition coefficient (Wildman–Crippen LogP) is 14.4. The van der Waals surface area contributed by atoms with Gasteiger partial charge in [0.2, 0.25) is 0 Å². The van der Waals surface area contributed by atoms with Crippen molar-refractivity contribution in [1.29, 1.82) is 0 Å². The van der Waals surface area contributed by atoms with E-state index in [9.17, 15) is 0 Å². The summed E-state index contributed by atoms with van der Waals surface area (Å²) in [5.41, 5.74) is 13.8. The molecule has 0 fully saturated rings. The Kier molecular flexibility index (Phi) is 8.13. The average Bonchev–Trinajstić information content (AvgIpc) is 3.59. The van der Waals surface area contributed by atoms with Gasteiger partial charge >= 0.3 is 0 Å². The lowest BCUT2D eigenvalue weighted by Crippen LogP contribution is -2.02. The lowest BCUT2D eigenvalue weighted by Gasteiger charge is -2.15. The lowest BCUT2D eigenvalue weighted by molar-refractivity contribution is 0.982. The van der Waals surface area contributed by atoms with Crippen LogP contribution in [0.1, 0.15) is 80.2 Å². The highest BCUT2D eigenvalue weighted by atomic mass is 15.0. The number of aliphatic imine (C=N–C) groups is 1. The van der Waals surface area contributed by atoms with Gasteiger partial charge in [-0.3, -0.25) is 4.99 Å². The quantitative estimate of drug-likeness (QED) is 0.0855. The Morgan fingerprint density at radius 3 is 2.41 bits per heavy atom. The maximum Gasteiger partial charge on any atom is 0.0665 e. The van der Waals surface area contributed by atoms with Crippen molar-refractivity contribution >= 4 is 77.2 Å². The zero-order valence-electron chi connectivity index (χ0n) is 31.2. The third-order valence-corrected chi connectivity index (χ3v) is 11.7. The van der Waals surface area contributed by atoms with Crippen LogP contribution in [0.15, 0.2) is 145 Å². The second-order valence-electron chi connectivity index (χ2n) is 15.0. The molecule has 0 N–H and O–H groups in total.